The summed E-state index contributed by atoms with van der Waals surface area (Å²) < 4.78 is 0. The molecule has 1 aromatic carbocycles. The van der Waals surface area contributed by atoms with Crippen LogP contribution in [-0.4, -0.2) is 27.1 Å². The number of pyridine rings is 1. The van der Waals surface area contributed by atoms with Gasteiger partial charge in [0, 0.05) is 12.4 Å². The Balaban J connectivity index is 0.000000250. The summed E-state index contributed by atoms with van der Waals surface area (Å²) in [4.78, 5) is 24.9. The van der Waals surface area contributed by atoms with Crippen LogP contribution in [0.2, 0.25) is 0 Å². The zero-order chi connectivity index (χ0) is 14.3. The molecule has 0 amide bonds. The second-order valence-corrected chi connectivity index (χ2v) is 3.66. The Morgan fingerprint density at radius 3 is 2.00 bits per heavy atom. The molecule has 1 heterocycles. The van der Waals surface area contributed by atoms with Crippen LogP contribution in [0, 0.1) is 6.92 Å². The molecule has 0 fully saturated rings. The predicted molar refractivity (Wildman–Crippen MR) is 69.3 cm³/mol. The third kappa shape index (κ3) is 4.59. The Bertz CT molecular complexity index is 540. The normalized spacial score (nSPS) is 9.11. The van der Waals surface area contributed by atoms with Crippen LogP contribution in [-0.2, 0) is 0 Å². The highest BCUT2D eigenvalue weighted by Gasteiger charge is 2.10. The molecule has 2 N–H and O–H groups in total. The second kappa shape index (κ2) is 6.90. The van der Waals surface area contributed by atoms with Gasteiger partial charge in [0.1, 0.15) is 0 Å². The van der Waals surface area contributed by atoms with Gasteiger partial charge in [0.25, 0.3) is 0 Å². The first-order chi connectivity index (χ1) is 9.02. The van der Waals surface area contributed by atoms with E-state index in [9.17, 15) is 9.59 Å². The molecule has 2 rings (SSSR count). The van der Waals surface area contributed by atoms with Gasteiger partial charge in [-0.3, -0.25) is 4.98 Å². The monoisotopic (exact) mass is 259 g/mol. The number of carboxylic acids is 2. The fraction of sp³-hybridized carbons (Fsp3) is 0.0714. The lowest BCUT2D eigenvalue weighted by Crippen LogP contribution is -2.03. The summed E-state index contributed by atoms with van der Waals surface area (Å²) in [6.07, 6.45) is 3.50. The molecule has 2 aromatic rings. The molecule has 0 saturated heterocycles. The van der Waals surface area contributed by atoms with E-state index < -0.39 is 11.9 Å². The third-order valence-corrected chi connectivity index (χ3v) is 2.28. The largest absolute Gasteiger partial charge is 0.478 e. The minimum absolute atomic E-state index is 0.0111. The maximum Gasteiger partial charge on any atom is 0.335 e. The molecular weight excluding hydrogens is 246 g/mol. The van der Waals surface area contributed by atoms with Crippen molar-refractivity contribution in [2.45, 2.75) is 6.92 Å². The first-order valence-corrected chi connectivity index (χ1v) is 5.44. The highest BCUT2D eigenvalue weighted by molar-refractivity contribution is 5.94. The summed E-state index contributed by atoms with van der Waals surface area (Å²) in [5.74, 6) is -2.23. The molecule has 5 heteroatoms. The molecule has 0 spiro atoms. The van der Waals surface area contributed by atoms with Crippen LogP contribution in [0.15, 0.2) is 48.8 Å². The molecule has 0 atom stereocenters. The topological polar surface area (TPSA) is 87.5 Å². The Morgan fingerprint density at radius 2 is 1.63 bits per heavy atom. The van der Waals surface area contributed by atoms with Gasteiger partial charge in [0.15, 0.2) is 0 Å². The molecule has 98 valence electrons. The summed E-state index contributed by atoms with van der Waals surface area (Å²) in [6, 6.07) is 9.73. The summed E-state index contributed by atoms with van der Waals surface area (Å²) >= 11 is 0. The zero-order valence-corrected chi connectivity index (χ0v) is 10.3. The first-order valence-electron chi connectivity index (χ1n) is 5.44. The second-order valence-electron chi connectivity index (χ2n) is 3.66. The number of hydrogen-bond acceptors (Lipinski definition) is 3. The molecule has 19 heavy (non-hydrogen) atoms. The van der Waals surface area contributed by atoms with Crippen molar-refractivity contribution in [3.8, 4) is 0 Å². The van der Waals surface area contributed by atoms with Crippen molar-refractivity contribution in [1.82, 2.24) is 4.98 Å². The van der Waals surface area contributed by atoms with Crippen molar-refractivity contribution in [2.75, 3.05) is 0 Å². The minimum atomic E-state index is -1.12. The van der Waals surface area contributed by atoms with Gasteiger partial charge in [-0.2, -0.15) is 0 Å². The van der Waals surface area contributed by atoms with Crippen molar-refractivity contribution >= 4 is 11.9 Å². The number of aryl methyl sites for hydroxylation is 1. The third-order valence-electron chi connectivity index (χ3n) is 2.28. The molecule has 0 unspecified atom stereocenters. The number of benzene rings is 1. The molecule has 1 aromatic heterocycles. The SMILES string of the molecule is Cc1ccc(C(=O)O)cc1C(=O)O.c1ccncc1. The number of carbonyl (C=O) groups is 2. The lowest BCUT2D eigenvalue weighted by atomic mass is 10.1. The molecular formula is C14H13NO4. The van der Waals surface area contributed by atoms with Crippen LogP contribution >= 0.6 is 0 Å². The van der Waals surface area contributed by atoms with Crippen molar-refractivity contribution in [2.24, 2.45) is 0 Å². The van der Waals surface area contributed by atoms with Crippen LogP contribution in [0.1, 0.15) is 26.3 Å². The van der Waals surface area contributed by atoms with Gasteiger partial charge >= 0.3 is 11.9 Å². The predicted octanol–water partition coefficient (Wildman–Crippen LogP) is 2.47. The van der Waals surface area contributed by atoms with Crippen molar-refractivity contribution in [3.05, 3.63) is 65.5 Å². The van der Waals surface area contributed by atoms with Crippen LogP contribution in [0.3, 0.4) is 0 Å². The van der Waals surface area contributed by atoms with Gasteiger partial charge in [-0.1, -0.05) is 12.1 Å². The summed E-state index contributed by atoms with van der Waals surface area (Å²) in [6.45, 7) is 1.62. The summed E-state index contributed by atoms with van der Waals surface area (Å²) in [7, 11) is 0. The van der Waals surface area contributed by atoms with E-state index >= 15 is 0 Å². The smallest absolute Gasteiger partial charge is 0.335 e. The van der Waals surface area contributed by atoms with Crippen LogP contribution in [0.4, 0.5) is 0 Å². The van der Waals surface area contributed by atoms with Crippen molar-refractivity contribution < 1.29 is 19.8 Å². The number of aromatic nitrogens is 1. The first kappa shape index (κ1) is 14.4. The quantitative estimate of drug-likeness (QED) is 0.865. The average molecular weight is 259 g/mol. The van der Waals surface area contributed by atoms with E-state index in [-0.39, 0.29) is 11.1 Å². The number of aromatic carboxylic acids is 2. The molecule has 0 aliphatic carbocycles. The summed E-state index contributed by atoms with van der Waals surface area (Å²) in [5.41, 5.74) is 0.570. The maximum absolute atomic E-state index is 10.6. The van der Waals surface area contributed by atoms with E-state index in [4.69, 9.17) is 10.2 Å². The minimum Gasteiger partial charge on any atom is -0.478 e. The molecule has 0 aliphatic heterocycles. The highest BCUT2D eigenvalue weighted by Crippen LogP contribution is 2.11. The molecule has 0 bridgehead atoms. The van der Waals surface area contributed by atoms with Crippen molar-refractivity contribution in [1.29, 1.82) is 0 Å². The van der Waals surface area contributed by atoms with E-state index in [1.807, 2.05) is 18.2 Å². The van der Waals surface area contributed by atoms with Crippen LogP contribution in [0.5, 0.6) is 0 Å². The number of nitrogens with zero attached hydrogens (tertiary/aromatic N) is 1. The summed E-state index contributed by atoms with van der Waals surface area (Å²) in [5, 5.41) is 17.3. The fourth-order valence-electron chi connectivity index (χ4n) is 1.30. The standard InChI is InChI=1S/C9H8O4.C5H5N/c1-5-2-3-6(8(10)11)4-7(5)9(12)13;1-2-4-6-5-3-1/h2-4H,1H3,(H,10,11)(H,12,13);1-5H. The average Bonchev–Trinajstić information content (AvgIpc) is 2.41. The zero-order valence-electron chi connectivity index (χ0n) is 10.3. The number of hydrogen-bond donors (Lipinski definition) is 2. The van der Waals surface area contributed by atoms with E-state index in [1.165, 1.54) is 12.1 Å². The van der Waals surface area contributed by atoms with E-state index in [1.54, 1.807) is 19.3 Å². The van der Waals surface area contributed by atoms with Gasteiger partial charge in [-0.25, -0.2) is 9.59 Å². The van der Waals surface area contributed by atoms with Gasteiger partial charge < -0.3 is 10.2 Å². The molecule has 0 radical (unpaired) electrons. The Morgan fingerprint density at radius 1 is 1.00 bits per heavy atom. The Labute approximate surface area is 110 Å². The van der Waals surface area contributed by atoms with Crippen LogP contribution < -0.4 is 0 Å². The van der Waals surface area contributed by atoms with Gasteiger partial charge in [0.05, 0.1) is 11.1 Å². The van der Waals surface area contributed by atoms with Gasteiger partial charge in [0.2, 0.25) is 0 Å². The number of rotatable bonds is 2. The van der Waals surface area contributed by atoms with E-state index in [0.717, 1.165) is 6.07 Å². The molecule has 0 aliphatic rings. The van der Waals surface area contributed by atoms with E-state index in [0.29, 0.717) is 5.56 Å². The van der Waals surface area contributed by atoms with Gasteiger partial charge in [-0.05, 0) is 36.8 Å². The molecule has 0 saturated carbocycles. The Kier molecular flexibility index (Phi) is 5.22. The number of carboxylic acid groups (broad SMARTS) is 2. The fourth-order valence-corrected chi connectivity index (χ4v) is 1.30. The van der Waals surface area contributed by atoms with Crippen molar-refractivity contribution in [3.63, 3.8) is 0 Å². The lowest BCUT2D eigenvalue weighted by molar-refractivity contribution is 0.0695. The highest BCUT2D eigenvalue weighted by atomic mass is 16.4. The maximum atomic E-state index is 10.6. The van der Waals surface area contributed by atoms with Gasteiger partial charge in [-0.15, -0.1) is 0 Å². The van der Waals surface area contributed by atoms with Crippen LogP contribution in [0.25, 0.3) is 0 Å². The molecule has 5 nitrogen and oxygen atoms in total. The van der Waals surface area contributed by atoms with E-state index in [2.05, 4.69) is 4.98 Å². The Hall–Kier alpha value is -2.69. The lowest BCUT2D eigenvalue weighted by Gasteiger charge is -2.01.